The highest BCUT2D eigenvalue weighted by atomic mass is 16.4. The molecule has 0 atom stereocenters. The molecule has 0 radical (unpaired) electrons. The second-order valence-electron chi connectivity index (χ2n) is 2.00. The van der Waals surface area contributed by atoms with Crippen LogP contribution in [0.5, 0.6) is 0 Å². The number of hydrogen-bond donors (Lipinski definition) is 1. The summed E-state index contributed by atoms with van der Waals surface area (Å²) in [7, 11) is 0. The molecule has 0 spiro atoms. The summed E-state index contributed by atoms with van der Waals surface area (Å²) in [6.07, 6.45) is 4.59. The molecule has 12 heavy (non-hydrogen) atoms. The molecule has 64 valence electrons. The first-order valence-electron chi connectivity index (χ1n) is 3.35. The molecule has 0 aliphatic carbocycles. The third-order valence-electron chi connectivity index (χ3n) is 1.22. The standard InChI is InChI=1S/C9H10O3/c1-3-5-8(9(11)12)7(4-2)6-10/h3-6H,2H2,1H3,(H,11,12)/b5-3-,8-7-. The Labute approximate surface area is 70.7 Å². The highest BCUT2D eigenvalue weighted by Crippen LogP contribution is 2.05. The highest BCUT2D eigenvalue weighted by Gasteiger charge is 2.07. The third-order valence-corrected chi connectivity index (χ3v) is 1.22. The first-order chi connectivity index (χ1) is 5.67. The van der Waals surface area contributed by atoms with Crippen LogP contribution in [-0.4, -0.2) is 17.4 Å². The molecule has 0 bridgehead atoms. The maximum Gasteiger partial charge on any atom is 0.336 e. The van der Waals surface area contributed by atoms with Crippen LogP contribution in [0.25, 0.3) is 0 Å². The van der Waals surface area contributed by atoms with E-state index in [1.54, 1.807) is 13.0 Å². The monoisotopic (exact) mass is 166 g/mol. The lowest BCUT2D eigenvalue weighted by Gasteiger charge is -1.95. The summed E-state index contributed by atoms with van der Waals surface area (Å²) in [6.45, 7) is 5.01. The largest absolute Gasteiger partial charge is 0.478 e. The van der Waals surface area contributed by atoms with Gasteiger partial charge in [-0.25, -0.2) is 4.79 Å². The Morgan fingerprint density at radius 3 is 2.33 bits per heavy atom. The van der Waals surface area contributed by atoms with E-state index in [9.17, 15) is 9.59 Å². The van der Waals surface area contributed by atoms with Crippen LogP contribution in [0.2, 0.25) is 0 Å². The van der Waals surface area contributed by atoms with Crippen molar-refractivity contribution < 1.29 is 14.7 Å². The SMILES string of the molecule is C=C/C(C=O)=C(\C=C/C)C(=O)O. The van der Waals surface area contributed by atoms with Crippen LogP contribution < -0.4 is 0 Å². The number of allylic oxidation sites excluding steroid dienone is 3. The number of aldehydes is 1. The average molecular weight is 166 g/mol. The zero-order chi connectivity index (χ0) is 9.56. The molecule has 0 fully saturated rings. The Morgan fingerprint density at radius 2 is 2.08 bits per heavy atom. The Kier molecular flexibility index (Phi) is 4.38. The van der Waals surface area contributed by atoms with Gasteiger partial charge in [0.2, 0.25) is 0 Å². The lowest BCUT2D eigenvalue weighted by atomic mass is 10.1. The van der Waals surface area contributed by atoms with Crippen molar-refractivity contribution in [2.45, 2.75) is 6.92 Å². The second-order valence-corrected chi connectivity index (χ2v) is 2.00. The molecule has 0 aromatic heterocycles. The van der Waals surface area contributed by atoms with Gasteiger partial charge >= 0.3 is 5.97 Å². The summed E-state index contributed by atoms with van der Waals surface area (Å²) in [5, 5.41) is 8.62. The maximum absolute atomic E-state index is 10.5. The second kappa shape index (κ2) is 5.07. The predicted octanol–water partition coefficient (Wildman–Crippen LogP) is 1.33. The van der Waals surface area contributed by atoms with Crippen molar-refractivity contribution >= 4 is 12.3 Å². The van der Waals surface area contributed by atoms with Gasteiger partial charge in [-0.05, 0) is 6.92 Å². The molecule has 0 saturated carbocycles. The molecule has 0 unspecified atom stereocenters. The van der Waals surface area contributed by atoms with Crippen LogP contribution in [0.3, 0.4) is 0 Å². The normalized spacial score (nSPS) is 12.4. The Bertz CT molecular complexity index is 249. The van der Waals surface area contributed by atoms with E-state index in [1.165, 1.54) is 12.2 Å². The molecule has 3 heteroatoms. The molecule has 0 amide bonds. The van der Waals surface area contributed by atoms with Crippen LogP contribution in [-0.2, 0) is 9.59 Å². The van der Waals surface area contributed by atoms with Gasteiger partial charge in [0.25, 0.3) is 0 Å². The molecule has 0 saturated heterocycles. The summed E-state index contributed by atoms with van der Waals surface area (Å²) in [4.78, 5) is 20.9. The van der Waals surface area contributed by atoms with E-state index in [1.807, 2.05) is 0 Å². The van der Waals surface area contributed by atoms with Crippen LogP contribution >= 0.6 is 0 Å². The maximum atomic E-state index is 10.5. The van der Waals surface area contributed by atoms with Crippen molar-refractivity contribution in [1.82, 2.24) is 0 Å². The zero-order valence-electron chi connectivity index (χ0n) is 6.78. The fourth-order valence-corrected chi connectivity index (χ4v) is 0.679. The van der Waals surface area contributed by atoms with E-state index in [0.29, 0.717) is 6.29 Å². The van der Waals surface area contributed by atoms with Crippen LogP contribution in [0.1, 0.15) is 6.92 Å². The molecular weight excluding hydrogens is 156 g/mol. The van der Waals surface area contributed by atoms with Gasteiger partial charge < -0.3 is 5.11 Å². The number of carboxylic acids is 1. The summed E-state index contributed by atoms with van der Waals surface area (Å²) in [5.74, 6) is -1.13. The summed E-state index contributed by atoms with van der Waals surface area (Å²) in [5.41, 5.74) is 0.0445. The summed E-state index contributed by atoms with van der Waals surface area (Å²) < 4.78 is 0. The van der Waals surface area contributed by atoms with E-state index in [2.05, 4.69) is 6.58 Å². The molecule has 3 nitrogen and oxygen atoms in total. The Morgan fingerprint density at radius 1 is 1.50 bits per heavy atom. The molecule has 0 rings (SSSR count). The molecule has 0 aliphatic rings. The minimum absolute atomic E-state index is 0.0394. The first-order valence-corrected chi connectivity index (χ1v) is 3.35. The van der Waals surface area contributed by atoms with Gasteiger partial charge in [0.05, 0.1) is 5.57 Å². The fraction of sp³-hybridized carbons (Fsp3) is 0.111. The molecular formula is C9H10O3. The van der Waals surface area contributed by atoms with Crippen molar-refractivity contribution in [3.05, 3.63) is 36.0 Å². The quantitative estimate of drug-likeness (QED) is 0.389. The van der Waals surface area contributed by atoms with Gasteiger partial charge in [-0.2, -0.15) is 0 Å². The zero-order valence-corrected chi connectivity index (χ0v) is 6.78. The lowest BCUT2D eigenvalue weighted by Crippen LogP contribution is -2.01. The lowest BCUT2D eigenvalue weighted by molar-refractivity contribution is -0.132. The van der Waals surface area contributed by atoms with E-state index >= 15 is 0 Å². The number of rotatable bonds is 4. The van der Waals surface area contributed by atoms with Crippen molar-refractivity contribution in [2.24, 2.45) is 0 Å². The molecule has 0 heterocycles. The van der Waals surface area contributed by atoms with Gasteiger partial charge in [-0.15, -0.1) is 0 Å². The minimum atomic E-state index is -1.13. The third kappa shape index (κ3) is 2.54. The van der Waals surface area contributed by atoms with Gasteiger partial charge in [-0.3, -0.25) is 4.79 Å². The summed E-state index contributed by atoms with van der Waals surface area (Å²) >= 11 is 0. The van der Waals surface area contributed by atoms with Gasteiger partial charge in [-0.1, -0.05) is 24.8 Å². The number of carbonyl (C=O) groups is 2. The number of carbonyl (C=O) groups excluding carboxylic acids is 1. The number of aliphatic carboxylic acids is 1. The fourth-order valence-electron chi connectivity index (χ4n) is 0.679. The Balaban J connectivity index is 5.16. The Hall–Kier alpha value is -1.64. The number of hydrogen-bond acceptors (Lipinski definition) is 2. The summed E-state index contributed by atoms with van der Waals surface area (Å²) in [6, 6.07) is 0. The van der Waals surface area contributed by atoms with Crippen LogP contribution in [0, 0.1) is 0 Å². The molecule has 0 aromatic carbocycles. The first kappa shape index (κ1) is 10.4. The van der Waals surface area contributed by atoms with Crippen molar-refractivity contribution in [3.8, 4) is 0 Å². The number of carboxylic acid groups (broad SMARTS) is 1. The van der Waals surface area contributed by atoms with Crippen LogP contribution in [0.4, 0.5) is 0 Å². The van der Waals surface area contributed by atoms with E-state index in [4.69, 9.17) is 5.11 Å². The van der Waals surface area contributed by atoms with Gasteiger partial charge in [0.15, 0.2) is 6.29 Å². The molecule has 0 aromatic rings. The topological polar surface area (TPSA) is 54.4 Å². The highest BCUT2D eigenvalue weighted by molar-refractivity contribution is 5.98. The predicted molar refractivity (Wildman–Crippen MR) is 45.7 cm³/mol. The van der Waals surface area contributed by atoms with E-state index < -0.39 is 5.97 Å². The van der Waals surface area contributed by atoms with Crippen LogP contribution in [0.15, 0.2) is 36.0 Å². The van der Waals surface area contributed by atoms with Crippen molar-refractivity contribution in [2.75, 3.05) is 0 Å². The smallest absolute Gasteiger partial charge is 0.336 e. The van der Waals surface area contributed by atoms with Gasteiger partial charge in [0.1, 0.15) is 0 Å². The molecule has 0 aliphatic heterocycles. The van der Waals surface area contributed by atoms with Gasteiger partial charge in [0, 0.05) is 5.57 Å². The van der Waals surface area contributed by atoms with Crippen molar-refractivity contribution in [3.63, 3.8) is 0 Å². The average Bonchev–Trinajstić information content (AvgIpc) is 2.05. The minimum Gasteiger partial charge on any atom is -0.478 e. The van der Waals surface area contributed by atoms with E-state index in [0.717, 1.165) is 0 Å². The molecule has 1 N–H and O–H groups in total. The van der Waals surface area contributed by atoms with E-state index in [-0.39, 0.29) is 11.1 Å². The van der Waals surface area contributed by atoms with Crippen molar-refractivity contribution in [1.29, 1.82) is 0 Å².